The Morgan fingerprint density at radius 3 is 2.70 bits per heavy atom. The first-order valence-electron chi connectivity index (χ1n) is 8.41. The van der Waals surface area contributed by atoms with E-state index in [9.17, 15) is 4.21 Å². The fourth-order valence-corrected chi connectivity index (χ4v) is 4.38. The summed E-state index contributed by atoms with van der Waals surface area (Å²) in [6.07, 6.45) is 3.71. The molecule has 0 amide bonds. The number of hydrogen-bond acceptors (Lipinski definition) is 4. The number of hydrogen-bond donors (Lipinski definition) is 1. The molecule has 1 fully saturated rings. The van der Waals surface area contributed by atoms with Crippen molar-refractivity contribution in [2.75, 3.05) is 4.72 Å². The lowest BCUT2D eigenvalue weighted by Crippen LogP contribution is -2.09. The van der Waals surface area contributed by atoms with Crippen molar-refractivity contribution in [1.29, 1.82) is 0 Å². The molecular weight excluding hydrogens is 405 g/mol. The smallest absolute Gasteiger partial charge is 0.189 e. The van der Waals surface area contributed by atoms with Gasteiger partial charge in [-0.05, 0) is 48.6 Å². The zero-order valence-corrected chi connectivity index (χ0v) is 16.2. The van der Waals surface area contributed by atoms with Crippen LogP contribution in [0.3, 0.4) is 0 Å². The average molecular weight is 418 g/mol. The van der Waals surface area contributed by atoms with Crippen LogP contribution in [0.15, 0.2) is 47.1 Å². The summed E-state index contributed by atoms with van der Waals surface area (Å²) in [7, 11) is -1.13. The van der Waals surface area contributed by atoms with Crippen molar-refractivity contribution in [2.24, 2.45) is 0 Å². The van der Waals surface area contributed by atoms with Crippen LogP contribution in [0, 0.1) is 0 Å². The van der Waals surface area contributed by atoms with E-state index in [1.165, 1.54) is 0 Å². The molecule has 1 unspecified atom stereocenters. The molecule has 0 bridgehead atoms. The minimum Gasteiger partial charge on any atom is -0.354 e. The summed E-state index contributed by atoms with van der Waals surface area (Å²) in [5, 5.41) is 7.92. The van der Waals surface area contributed by atoms with Gasteiger partial charge in [0, 0.05) is 17.1 Å². The monoisotopic (exact) mass is 417 g/mol. The van der Waals surface area contributed by atoms with E-state index in [2.05, 4.69) is 14.9 Å². The van der Waals surface area contributed by atoms with Gasteiger partial charge < -0.3 is 4.52 Å². The Balaban J connectivity index is 1.64. The molecule has 1 saturated carbocycles. The summed E-state index contributed by atoms with van der Waals surface area (Å²) >= 11 is 12.2. The third-order valence-corrected chi connectivity index (χ3v) is 6.78. The van der Waals surface area contributed by atoms with Crippen LogP contribution in [0.1, 0.15) is 12.8 Å². The van der Waals surface area contributed by atoms with Crippen molar-refractivity contribution < 1.29 is 8.73 Å². The normalized spacial score (nSPS) is 15.3. The molecule has 4 aromatic rings. The summed E-state index contributed by atoms with van der Waals surface area (Å²) in [6, 6.07) is 11.2. The molecule has 1 N–H and O–H groups in total. The first kappa shape index (κ1) is 17.0. The number of rotatable bonds is 4. The molecule has 0 aliphatic heterocycles. The van der Waals surface area contributed by atoms with Crippen molar-refractivity contribution in [3.05, 3.63) is 52.6 Å². The van der Waals surface area contributed by atoms with Gasteiger partial charge >= 0.3 is 0 Å². The van der Waals surface area contributed by atoms with E-state index in [0.29, 0.717) is 21.4 Å². The van der Waals surface area contributed by atoms with Gasteiger partial charge in [0.05, 0.1) is 26.4 Å². The largest absolute Gasteiger partial charge is 0.354 e. The van der Waals surface area contributed by atoms with E-state index in [1.54, 1.807) is 18.3 Å². The quantitative estimate of drug-likeness (QED) is 0.469. The predicted molar refractivity (Wildman–Crippen MR) is 110 cm³/mol. The van der Waals surface area contributed by atoms with E-state index < -0.39 is 11.0 Å². The van der Waals surface area contributed by atoms with Crippen LogP contribution in [0.5, 0.6) is 0 Å². The maximum atomic E-state index is 12.2. The Morgan fingerprint density at radius 2 is 1.93 bits per heavy atom. The third-order valence-electron chi connectivity index (χ3n) is 4.57. The second kappa shape index (κ2) is 6.48. The molecule has 2 aromatic heterocycles. The molecule has 5 rings (SSSR count). The second-order valence-corrected chi connectivity index (χ2v) is 8.77. The van der Waals surface area contributed by atoms with Crippen molar-refractivity contribution in [2.45, 2.75) is 18.1 Å². The predicted octanol–water partition coefficient (Wildman–Crippen LogP) is 5.59. The van der Waals surface area contributed by atoms with Crippen molar-refractivity contribution in [1.82, 2.24) is 10.1 Å². The molecule has 1 aliphatic rings. The lowest BCUT2D eigenvalue weighted by molar-refractivity contribution is 0.460. The van der Waals surface area contributed by atoms with E-state index in [-0.39, 0.29) is 5.25 Å². The maximum absolute atomic E-state index is 12.2. The van der Waals surface area contributed by atoms with Gasteiger partial charge in [-0.3, -0.25) is 9.71 Å². The van der Waals surface area contributed by atoms with E-state index in [4.69, 9.17) is 27.7 Å². The Kier molecular flexibility index (Phi) is 4.07. The van der Waals surface area contributed by atoms with E-state index in [1.807, 2.05) is 24.3 Å². The molecule has 0 spiro atoms. The number of anilines is 1. The maximum Gasteiger partial charge on any atom is 0.189 e. The van der Waals surface area contributed by atoms with Crippen LogP contribution in [-0.4, -0.2) is 19.6 Å². The molecular formula is C19H13Cl2N3O2S. The number of aromatic nitrogens is 2. The molecule has 27 heavy (non-hydrogen) atoms. The van der Waals surface area contributed by atoms with Crippen LogP contribution in [-0.2, 0) is 11.0 Å². The summed E-state index contributed by atoms with van der Waals surface area (Å²) < 4.78 is 20.6. The van der Waals surface area contributed by atoms with Crippen molar-refractivity contribution in [3.63, 3.8) is 0 Å². The van der Waals surface area contributed by atoms with Crippen molar-refractivity contribution in [3.8, 4) is 11.3 Å². The van der Waals surface area contributed by atoms with E-state index >= 15 is 0 Å². The highest BCUT2D eigenvalue weighted by atomic mass is 35.5. The number of nitrogens with one attached hydrogen (secondary N) is 1. The zero-order valence-electron chi connectivity index (χ0n) is 13.9. The Bertz CT molecular complexity index is 1220. The Hall–Kier alpha value is -2.15. The summed E-state index contributed by atoms with van der Waals surface area (Å²) in [4.78, 5) is 4.51. The van der Waals surface area contributed by atoms with Crippen LogP contribution in [0.25, 0.3) is 33.0 Å². The van der Waals surface area contributed by atoms with Gasteiger partial charge in [0.1, 0.15) is 11.0 Å². The zero-order chi connectivity index (χ0) is 18.5. The molecule has 1 aliphatic carbocycles. The minimum atomic E-state index is -1.13. The summed E-state index contributed by atoms with van der Waals surface area (Å²) in [6.45, 7) is 0. The molecule has 0 radical (unpaired) electrons. The molecule has 5 nitrogen and oxygen atoms in total. The molecule has 0 saturated heterocycles. The number of pyridine rings is 1. The molecule has 2 aromatic carbocycles. The fraction of sp³-hybridized carbons (Fsp3) is 0.158. The van der Waals surface area contributed by atoms with Gasteiger partial charge in [0.2, 0.25) is 0 Å². The van der Waals surface area contributed by atoms with Gasteiger partial charge in [0.25, 0.3) is 0 Å². The molecule has 1 atom stereocenters. The summed E-state index contributed by atoms with van der Waals surface area (Å²) in [5.41, 5.74) is 2.24. The van der Waals surface area contributed by atoms with Crippen LogP contribution < -0.4 is 4.72 Å². The summed E-state index contributed by atoms with van der Waals surface area (Å²) in [5.74, 6) is 0.505. The van der Waals surface area contributed by atoms with Gasteiger partial charge in [-0.15, -0.1) is 0 Å². The number of fused-ring (bicyclic) bond motifs is 2. The molecule has 8 heteroatoms. The van der Waals surface area contributed by atoms with Crippen LogP contribution >= 0.6 is 23.2 Å². The number of nitrogens with zero attached hydrogens (tertiary/aromatic N) is 2. The highest BCUT2D eigenvalue weighted by Crippen LogP contribution is 2.35. The highest BCUT2D eigenvalue weighted by molar-refractivity contribution is 7.87. The first-order valence-corrected chi connectivity index (χ1v) is 10.4. The SMILES string of the molecule is O=S(Nc1noc2cc3c(-c4ccc(Cl)c(Cl)c4)nccc3cc12)C1CC1. The van der Waals surface area contributed by atoms with Crippen LogP contribution in [0.4, 0.5) is 5.82 Å². The fourth-order valence-electron chi connectivity index (χ4n) is 3.01. The van der Waals surface area contributed by atoms with Gasteiger partial charge in [0.15, 0.2) is 11.4 Å². The third kappa shape index (κ3) is 3.08. The van der Waals surface area contributed by atoms with Crippen molar-refractivity contribution >= 4 is 61.7 Å². The standard InChI is InChI=1S/C19H13Cl2N3O2S/c20-15-4-1-11(8-16(15)21)18-13-9-17-14(7-10(13)5-6-22-18)19(23-26-17)24-27(25)12-2-3-12/h1,4-9,12H,2-3H2,(H,23,24). The van der Waals surface area contributed by atoms with Crippen LogP contribution in [0.2, 0.25) is 10.0 Å². The van der Waals surface area contributed by atoms with E-state index in [0.717, 1.165) is 40.3 Å². The highest BCUT2D eigenvalue weighted by Gasteiger charge is 2.29. The first-order chi connectivity index (χ1) is 13.1. The molecule has 2 heterocycles. The van der Waals surface area contributed by atoms with Gasteiger partial charge in [-0.1, -0.05) is 34.4 Å². The van der Waals surface area contributed by atoms with Gasteiger partial charge in [-0.2, -0.15) is 0 Å². The Labute approximate surface area is 167 Å². The Morgan fingerprint density at radius 1 is 1.07 bits per heavy atom. The second-order valence-electron chi connectivity index (χ2n) is 6.49. The number of benzene rings is 2. The molecule has 136 valence electrons. The minimum absolute atomic E-state index is 0.211. The van der Waals surface area contributed by atoms with Gasteiger partial charge in [-0.25, -0.2) is 4.21 Å². The lowest BCUT2D eigenvalue weighted by atomic mass is 10.0. The average Bonchev–Trinajstić information content (AvgIpc) is 3.45. The lowest BCUT2D eigenvalue weighted by Gasteiger charge is -2.07. The number of halogens is 2. The topological polar surface area (TPSA) is 68.0 Å².